The number of nitrogens with zero attached hydrogens (tertiary/aromatic N) is 3. The lowest BCUT2D eigenvalue weighted by atomic mass is 9.91. The SMILES string of the molecule is CCC1CN(c2nccn2C2CC2)CCC1N. The molecule has 2 aliphatic rings. The van der Waals surface area contributed by atoms with Crippen molar-refractivity contribution in [3.63, 3.8) is 0 Å². The molecule has 2 heterocycles. The predicted molar refractivity (Wildman–Crippen MR) is 69.1 cm³/mol. The van der Waals surface area contributed by atoms with Crippen molar-refractivity contribution in [3.05, 3.63) is 12.4 Å². The molecule has 1 aliphatic carbocycles. The third-order valence-electron chi connectivity index (χ3n) is 4.19. The summed E-state index contributed by atoms with van der Waals surface area (Å²) in [6, 6.07) is 1.09. The number of piperidine rings is 1. The Bertz CT molecular complexity index is 383. The highest BCUT2D eigenvalue weighted by Gasteiger charge is 2.31. The van der Waals surface area contributed by atoms with Crippen LogP contribution in [0.15, 0.2) is 12.4 Å². The number of nitrogens with two attached hydrogens (primary N) is 1. The lowest BCUT2D eigenvalue weighted by Crippen LogP contribution is -2.47. The van der Waals surface area contributed by atoms with Gasteiger partial charge in [0.15, 0.2) is 0 Å². The lowest BCUT2D eigenvalue weighted by molar-refractivity contribution is 0.343. The third-order valence-corrected chi connectivity index (χ3v) is 4.19. The monoisotopic (exact) mass is 234 g/mol. The second-order valence-electron chi connectivity index (χ2n) is 5.43. The summed E-state index contributed by atoms with van der Waals surface area (Å²) in [7, 11) is 0. The van der Waals surface area contributed by atoms with Gasteiger partial charge in [-0.1, -0.05) is 13.3 Å². The van der Waals surface area contributed by atoms with Crippen molar-refractivity contribution in [2.24, 2.45) is 11.7 Å². The van der Waals surface area contributed by atoms with Gasteiger partial charge < -0.3 is 15.2 Å². The number of hydrogen-bond donors (Lipinski definition) is 1. The molecule has 4 heteroatoms. The fraction of sp³-hybridized carbons (Fsp3) is 0.769. The van der Waals surface area contributed by atoms with E-state index < -0.39 is 0 Å². The molecule has 4 nitrogen and oxygen atoms in total. The molecule has 3 rings (SSSR count). The van der Waals surface area contributed by atoms with Crippen LogP contribution in [0.4, 0.5) is 5.95 Å². The summed E-state index contributed by atoms with van der Waals surface area (Å²) in [6.07, 6.45) is 8.95. The molecule has 2 fully saturated rings. The van der Waals surface area contributed by atoms with Crippen molar-refractivity contribution in [1.82, 2.24) is 9.55 Å². The summed E-state index contributed by atoms with van der Waals surface area (Å²) in [5, 5.41) is 0. The van der Waals surface area contributed by atoms with Gasteiger partial charge in [-0.3, -0.25) is 0 Å². The molecular weight excluding hydrogens is 212 g/mol. The maximum absolute atomic E-state index is 6.16. The fourth-order valence-corrected chi connectivity index (χ4v) is 2.85. The minimum Gasteiger partial charge on any atom is -0.342 e. The summed E-state index contributed by atoms with van der Waals surface area (Å²) in [5.41, 5.74) is 6.16. The van der Waals surface area contributed by atoms with Gasteiger partial charge >= 0.3 is 0 Å². The van der Waals surface area contributed by atoms with E-state index in [-0.39, 0.29) is 0 Å². The van der Waals surface area contributed by atoms with E-state index in [2.05, 4.69) is 27.6 Å². The van der Waals surface area contributed by atoms with Crippen LogP contribution in [-0.4, -0.2) is 28.7 Å². The lowest BCUT2D eigenvalue weighted by Gasteiger charge is -2.37. The van der Waals surface area contributed by atoms with Crippen LogP contribution in [0, 0.1) is 5.92 Å². The van der Waals surface area contributed by atoms with Crippen molar-refractivity contribution in [3.8, 4) is 0 Å². The summed E-state index contributed by atoms with van der Waals surface area (Å²) >= 11 is 0. The van der Waals surface area contributed by atoms with E-state index in [0.29, 0.717) is 18.0 Å². The van der Waals surface area contributed by atoms with Crippen molar-refractivity contribution in [2.75, 3.05) is 18.0 Å². The molecule has 0 amide bonds. The Morgan fingerprint density at radius 3 is 2.94 bits per heavy atom. The molecule has 1 saturated heterocycles. The van der Waals surface area contributed by atoms with Crippen molar-refractivity contribution in [1.29, 1.82) is 0 Å². The standard InChI is InChI=1S/C13H22N4/c1-2-10-9-16(7-5-12(10)14)13-15-6-8-17(13)11-3-4-11/h6,8,10-12H,2-5,7,9,14H2,1H3. The Kier molecular flexibility index (Phi) is 2.82. The maximum atomic E-state index is 6.16. The molecule has 17 heavy (non-hydrogen) atoms. The van der Waals surface area contributed by atoms with Crippen molar-refractivity contribution < 1.29 is 0 Å². The van der Waals surface area contributed by atoms with Crippen molar-refractivity contribution >= 4 is 5.95 Å². The van der Waals surface area contributed by atoms with E-state index >= 15 is 0 Å². The zero-order valence-electron chi connectivity index (χ0n) is 10.5. The predicted octanol–water partition coefficient (Wildman–Crippen LogP) is 1.78. The third kappa shape index (κ3) is 2.06. The number of aromatic nitrogens is 2. The van der Waals surface area contributed by atoms with E-state index in [1.54, 1.807) is 0 Å². The number of rotatable bonds is 3. The molecular formula is C13H22N4. The Labute approximate surface area is 103 Å². The Hall–Kier alpha value is -1.03. The molecule has 0 radical (unpaired) electrons. The minimum atomic E-state index is 0.376. The van der Waals surface area contributed by atoms with Crippen LogP contribution in [0.25, 0.3) is 0 Å². The van der Waals surface area contributed by atoms with Gasteiger partial charge in [-0.25, -0.2) is 4.98 Å². The number of hydrogen-bond acceptors (Lipinski definition) is 3. The van der Waals surface area contributed by atoms with Crippen LogP contribution >= 0.6 is 0 Å². The number of imidazole rings is 1. The largest absolute Gasteiger partial charge is 0.342 e. The topological polar surface area (TPSA) is 47.1 Å². The maximum Gasteiger partial charge on any atom is 0.205 e. The highest BCUT2D eigenvalue weighted by Crippen LogP contribution is 2.38. The van der Waals surface area contributed by atoms with Gasteiger partial charge in [0.05, 0.1) is 0 Å². The van der Waals surface area contributed by atoms with Crippen LogP contribution in [0.3, 0.4) is 0 Å². The average molecular weight is 234 g/mol. The molecule has 2 unspecified atom stereocenters. The number of anilines is 1. The second kappa shape index (κ2) is 4.33. The summed E-state index contributed by atoms with van der Waals surface area (Å²) < 4.78 is 2.35. The second-order valence-corrected chi connectivity index (χ2v) is 5.43. The van der Waals surface area contributed by atoms with E-state index in [4.69, 9.17) is 5.73 Å². The smallest absolute Gasteiger partial charge is 0.205 e. The van der Waals surface area contributed by atoms with Gasteiger partial charge in [-0.15, -0.1) is 0 Å². The fourth-order valence-electron chi connectivity index (χ4n) is 2.85. The van der Waals surface area contributed by atoms with E-state index in [0.717, 1.165) is 25.5 Å². The normalized spacial score (nSPS) is 29.6. The summed E-state index contributed by atoms with van der Waals surface area (Å²) in [4.78, 5) is 6.97. The van der Waals surface area contributed by atoms with Gasteiger partial charge in [-0.2, -0.15) is 0 Å². The first-order valence-corrected chi connectivity index (χ1v) is 6.83. The van der Waals surface area contributed by atoms with E-state index in [1.165, 1.54) is 19.3 Å². The summed E-state index contributed by atoms with van der Waals surface area (Å²) in [6.45, 7) is 4.37. The van der Waals surface area contributed by atoms with Crippen LogP contribution in [0.5, 0.6) is 0 Å². The van der Waals surface area contributed by atoms with E-state index in [9.17, 15) is 0 Å². The molecule has 2 N–H and O–H groups in total. The molecule has 1 aliphatic heterocycles. The first kappa shape index (κ1) is 11.1. The van der Waals surface area contributed by atoms with Crippen LogP contribution in [-0.2, 0) is 0 Å². The van der Waals surface area contributed by atoms with Gasteiger partial charge in [0.2, 0.25) is 5.95 Å². The first-order chi connectivity index (χ1) is 8.29. The minimum absolute atomic E-state index is 0.376. The molecule has 0 bridgehead atoms. The Morgan fingerprint density at radius 1 is 1.41 bits per heavy atom. The molecule has 2 atom stereocenters. The quantitative estimate of drug-likeness (QED) is 0.867. The molecule has 0 spiro atoms. The highest BCUT2D eigenvalue weighted by molar-refractivity contribution is 5.34. The Balaban J connectivity index is 1.77. The van der Waals surface area contributed by atoms with Gasteiger partial charge in [0, 0.05) is 37.6 Å². The molecule has 1 aromatic rings. The van der Waals surface area contributed by atoms with Crippen LogP contribution < -0.4 is 10.6 Å². The summed E-state index contributed by atoms with van der Waals surface area (Å²) in [5.74, 6) is 1.78. The first-order valence-electron chi connectivity index (χ1n) is 6.83. The van der Waals surface area contributed by atoms with Crippen LogP contribution in [0.2, 0.25) is 0 Å². The van der Waals surface area contributed by atoms with Crippen molar-refractivity contribution in [2.45, 2.75) is 44.7 Å². The van der Waals surface area contributed by atoms with Gasteiger partial charge in [0.25, 0.3) is 0 Å². The zero-order valence-corrected chi connectivity index (χ0v) is 10.5. The molecule has 0 aromatic carbocycles. The molecule has 1 saturated carbocycles. The highest BCUT2D eigenvalue weighted by atomic mass is 15.3. The molecule has 94 valence electrons. The Morgan fingerprint density at radius 2 is 2.24 bits per heavy atom. The van der Waals surface area contributed by atoms with Gasteiger partial charge in [-0.05, 0) is 25.2 Å². The molecule has 1 aromatic heterocycles. The van der Waals surface area contributed by atoms with Gasteiger partial charge in [0.1, 0.15) is 0 Å². The zero-order chi connectivity index (χ0) is 11.8. The van der Waals surface area contributed by atoms with E-state index in [1.807, 2.05) is 6.20 Å². The van der Waals surface area contributed by atoms with Crippen LogP contribution in [0.1, 0.15) is 38.6 Å². The average Bonchev–Trinajstić information content (AvgIpc) is 3.08.